The van der Waals surface area contributed by atoms with Gasteiger partial charge in [0.15, 0.2) is 0 Å². The van der Waals surface area contributed by atoms with Gasteiger partial charge in [0, 0.05) is 11.3 Å². The maximum atomic E-state index is 13.2. The predicted molar refractivity (Wildman–Crippen MR) is 114 cm³/mol. The van der Waals surface area contributed by atoms with Crippen LogP contribution in [0.4, 0.5) is 5.69 Å². The number of carbonyl (C=O) groups excluding carboxylic acids is 1. The molecule has 0 aromatic heterocycles. The summed E-state index contributed by atoms with van der Waals surface area (Å²) in [5.74, 6) is 1.11. The molecular weight excluding hydrogens is 374 g/mol. The van der Waals surface area contributed by atoms with E-state index < -0.39 is 0 Å². The highest BCUT2D eigenvalue weighted by molar-refractivity contribution is 7.80. The lowest BCUT2D eigenvalue weighted by molar-refractivity contribution is -0.113. The molecule has 2 aromatic carbocycles. The number of amides is 1. The van der Waals surface area contributed by atoms with E-state index >= 15 is 0 Å². The fourth-order valence-corrected chi connectivity index (χ4v) is 3.62. The molecule has 6 nitrogen and oxygen atoms in total. The zero-order valence-electron chi connectivity index (χ0n) is 16.2. The Morgan fingerprint density at radius 3 is 2.54 bits per heavy atom. The third kappa shape index (κ3) is 4.26. The van der Waals surface area contributed by atoms with E-state index in [-0.39, 0.29) is 17.4 Å². The van der Waals surface area contributed by atoms with Crippen LogP contribution in [0.1, 0.15) is 25.5 Å². The van der Waals surface area contributed by atoms with E-state index in [2.05, 4.69) is 28.6 Å². The monoisotopic (exact) mass is 399 g/mol. The Labute approximate surface area is 170 Å². The zero-order chi connectivity index (χ0) is 20.1. The van der Waals surface area contributed by atoms with Gasteiger partial charge in [0.2, 0.25) is 0 Å². The fraction of sp³-hybridized carbons (Fsp3) is 0.286. The van der Waals surface area contributed by atoms with Crippen LogP contribution in [0.2, 0.25) is 0 Å². The molecule has 1 aliphatic rings. The molecule has 1 heterocycles. The molecule has 0 bridgehead atoms. The van der Waals surface area contributed by atoms with Crippen molar-refractivity contribution in [3.8, 4) is 11.5 Å². The summed E-state index contributed by atoms with van der Waals surface area (Å²) < 4.78 is 11.1. The molecular formula is C21H25N3O3S. The van der Waals surface area contributed by atoms with Crippen LogP contribution in [-0.2, 0) is 4.79 Å². The van der Waals surface area contributed by atoms with Gasteiger partial charge in [-0.1, -0.05) is 30.3 Å². The fourth-order valence-electron chi connectivity index (χ4n) is 3.27. The topological polar surface area (TPSA) is 71.6 Å². The molecule has 0 saturated heterocycles. The minimum atomic E-state index is -0.374. The molecule has 3 N–H and O–H groups in total. The van der Waals surface area contributed by atoms with Crippen LogP contribution in [-0.4, -0.2) is 25.1 Å². The summed E-state index contributed by atoms with van der Waals surface area (Å²) in [7, 11) is 1.58. The number of rotatable bonds is 6. The van der Waals surface area contributed by atoms with Crippen molar-refractivity contribution in [3.63, 3.8) is 0 Å². The van der Waals surface area contributed by atoms with Gasteiger partial charge in [0.1, 0.15) is 17.0 Å². The molecule has 2 aromatic rings. The van der Waals surface area contributed by atoms with Gasteiger partial charge >= 0.3 is 0 Å². The predicted octanol–water partition coefficient (Wildman–Crippen LogP) is 3.45. The number of methoxy groups -OCH3 is 1. The smallest absolute Gasteiger partial charge is 0.255 e. The first-order valence-electron chi connectivity index (χ1n) is 9.12. The van der Waals surface area contributed by atoms with Crippen molar-refractivity contribution in [1.82, 2.24) is 10.6 Å². The normalized spacial score (nSPS) is 19.0. The van der Waals surface area contributed by atoms with Gasteiger partial charge in [-0.3, -0.25) is 10.1 Å². The number of benzene rings is 2. The summed E-state index contributed by atoms with van der Waals surface area (Å²) in [4.78, 5) is 13.2. The Morgan fingerprint density at radius 1 is 1.14 bits per heavy atom. The molecule has 0 spiro atoms. The van der Waals surface area contributed by atoms with E-state index in [0.717, 1.165) is 17.0 Å². The molecule has 7 heteroatoms. The minimum absolute atomic E-state index is 0.224. The molecule has 0 saturated carbocycles. The van der Waals surface area contributed by atoms with Gasteiger partial charge in [-0.15, -0.1) is 12.6 Å². The first-order valence-corrected chi connectivity index (χ1v) is 9.64. The zero-order valence-corrected chi connectivity index (χ0v) is 17.0. The summed E-state index contributed by atoms with van der Waals surface area (Å²) >= 11 is 4.51. The highest BCUT2D eigenvalue weighted by Crippen LogP contribution is 2.35. The molecule has 148 valence electrons. The summed E-state index contributed by atoms with van der Waals surface area (Å²) in [6.45, 7) is 4.35. The van der Waals surface area contributed by atoms with Crippen LogP contribution in [0.25, 0.3) is 0 Å². The van der Waals surface area contributed by atoms with Crippen molar-refractivity contribution in [1.29, 1.82) is 0 Å². The number of carbonyl (C=O) groups is 1. The van der Waals surface area contributed by atoms with Crippen LogP contribution >= 0.6 is 12.6 Å². The van der Waals surface area contributed by atoms with Crippen molar-refractivity contribution < 1.29 is 14.3 Å². The molecule has 0 fully saturated rings. The van der Waals surface area contributed by atoms with Crippen molar-refractivity contribution in [2.24, 2.45) is 0 Å². The van der Waals surface area contributed by atoms with Gasteiger partial charge in [-0.05, 0) is 32.0 Å². The number of nitrogens with one attached hydrogen (secondary N) is 3. The first kappa shape index (κ1) is 20.1. The number of para-hydroxylation sites is 3. The Balaban J connectivity index is 1.98. The number of anilines is 1. The van der Waals surface area contributed by atoms with Gasteiger partial charge in [0.05, 0.1) is 31.0 Å². The van der Waals surface area contributed by atoms with Gasteiger partial charge < -0.3 is 20.1 Å². The summed E-state index contributed by atoms with van der Waals surface area (Å²) in [6, 6.07) is 14.7. The van der Waals surface area contributed by atoms with E-state index in [1.807, 2.05) is 50.2 Å². The third-order valence-corrected chi connectivity index (χ3v) is 4.78. The average molecular weight is 400 g/mol. The van der Waals surface area contributed by atoms with Crippen LogP contribution in [0.3, 0.4) is 0 Å². The molecule has 1 aliphatic heterocycles. The Kier molecular flexibility index (Phi) is 6.49. The largest absolute Gasteiger partial charge is 0.495 e. The van der Waals surface area contributed by atoms with Crippen molar-refractivity contribution in [2.45, 2.75) is 25.4 Å². The number of ether oxygens (including phenoxy) is 2. The minimum Gasteiger partial charge on any atom is -0.495 e. The molecule has 0 aliphatic carbocycles. The third-order valence-electron chi connectivity index (χ3n) is 4.50. The molecule has 1 amide bonds. The number of hydrogen-bond acceptors (Lipinski definition) is 6. The second-order valence-corrected chi connectivity index (χ2v) is 6.83. The van der Waals surface area contributed by atoms with Crippen LogP contribution in [0.15, 0.2) is 59.8 Å². The molecule has 0 radical (unpaired) electrons. The van der Waals surface area contributed by atoms with Gasteiger partial charge in [-0.25, -0.2) is 0 Å². The lowest BCUT2D eigenvalue weighted by Gasteiger charge is -2.34. The van der Waals surface area contributed by atoms with E-state index in [0.29, 0.717) is 23.6 Å². The number of hydrogen-bond donors (Lipinski definition) is 4. The molecule has 3 rings (SSSR count). The van der Waals surface area contributed by atoms with Crippen molar-refractivity contribution in [2.75, 3.05) is 19.0 Å². The summed E-state index contributed by atoms with van der Waals surface area (Å²) in [6.07, 6.45) is 0. The Morgan fingerprint density at radius 2 is 1.82 bits per heavy atom. The quantitative estimate of drug-likeness (QED) is 0.560. The van der Waals surface area contributed by atoms with Crippen LogP contribution < -0.4 is 25.4 Å². The van der Waals surface area contributed by atoms with Gasteiger partial charge in [-0.2, -0.15) is 0 Å². The van der Waals surface area contributed by atoms with Crippen molar-refractivity contribution >= 4 is 24.2 Å². The maximum absolute atomic E-state index is 13.2. The second-order valence-electron chi connectivity index (χ2n) is 6.31. The average Bonchev–Trinajstić information content (AvgIpc) is 2.68. The Bertz CT molecular complexity index is 885. The SMILES string of the molecule is CCOc1ccccc1C1NC(S)NC(C)=C1C(=O)Nc1ccccc1OC. The van der Waals surface area contributed by atoms with E-state index in [1.54, 1.807) is 19.2 Å². The van der Waals surface area contributed by atoms with E-state index in [9.17, 15) is 4.79 Å². The Hall–Kier alpha value is -2.64. The van der Waals surface area contributed by atoms with E-state index in [1.165, 1.54) is 0 Å². The number of thiol groups is 1. The van der Waals surface area contributed by atoms with Gasteiger partial charge in [0.25, 0.3) is 5.91 Å². The molecule has 2 unspecified atom stereocenters. The lowest BCUT2D eigenvalue weighted by atomic mass is 9.94. The van der Waals surface area contributed by atoms with E-state index in [4.69, 9.17) is 9.47 Å². The second kappa shape index (κ2) is 9.03. The summed E-state index contributed by atoms with van der Waals surface area (Å²) in [5, 5.41) is 9.47. The standard InChI is InChI=1S/C21H25N3O3S/c1-4-27-16-11-7-5-9-14(16)19-18(13(2)22-21(28)24-19)20(25)23-15-10-6-8-12-17(15)26-3/h5-12,19,21-22,24,28H,4H2,1-3H3,(H,23,25). The number of allylic oxidation sites excluding steroid dienone is 1. The highest BCUT2D eigenvalue weighted by atomic mass is 32.1. The lowest BCUT2D eigenvalue weighted by Crippen LogP contribution is -2.47. The van der Waals surface area contributed by atoms with Crippen molar-refractivity contribution in [3.05, 3.63) is 65.4 Å². The first-order chi connectivity index (χ1) is 13.5. The maximum Gasteiger partial charge on any atom is 0.255 e. The molecule has 28 heavy (non-hydrogen) atoms. The summed E-state index contributed by atoms with van der Waals surface area (Å²) in [5.41, 5.74) is 2.53. The molecule has 2 atom stereocenters. The van der Waals surface area contributed by atoms with Crippen LogP contribution in [0.5, 0.6) is 11.5 Å². The highest BCUT2D eigenvalue weighted by Gasteiger charge is 2.32. The van der Waals surface area contributed by atoms with Crippen LogP contribution in [0, 0.1) is 0 Å².